The van der Waals surface area contributed by atoms with Crippen molar-refractivity contribution in [1.29, 1.82) is 0 Å². The molecule has 1 aromatic carbocycles. The normalized spacial score (nSPS) is 21.4. The highest BCUT2D eigenvalue weighted by molar-refractivity contribution is 6.20. The molecule has 0 saturated heterocycles. The van der Waals surface area contributed by atoms with Crippen molar-refractivity contribution in [2.24, 2.45) is 0 Å². The number of carbonyl (C=O) groups is 2. The van der Waals surface area contributed by atoms with Crippen molar-refractivity contribution in [3.05, 3.63) is 35.4 Å². The monoisotopic (exact) mass is 231 g/mol. The fraction of sp³-hybridized carbons (Fsp3) is 0.385. The van der Waals surface area contributed by atoms with Crippen molar-refractivity contribution >= 4 is 11.8 Å². The van der Waals surface area contributed by atoms with Gasteiger partial charge in [0.2, 0.25) is 0 Å². The lowest BCUT2D eigenvalue weighted by atomic mass is 9.82. The van der Waals surface area contributed by atoms with Gasteiger partial charge in [-0.05, 0) is 38.3 Å². The van der Waals surface area contributed by atoms with Crippen LogP contribution in [-0.4, -0.2) is 22.5 Å². The molecule has 1 aliphatic carbocycles. The van der Waals surface area contributed by atoms with Gasteiger partial charge < -0.3 is 0 Å². The first-order valence-electron chi connectivity index (χ1n) is 5.78. The van der Waals surface area contributed by atoms with Gasteiger partial charge in [-0.2, -0.15) is 0 Å². The number of nitrogens with zero attached hydrogens (tertiary/aromatic N) is 1. The van der Waals surface area contributed by atoms with E-state index in [9.17, 15) is 9.59 Å². The lowest BCUT2D eigenvalue weighted by Gasteiger charge is -2.39. The number of amides is 2. The van der Waals surface area contributed by atoms with Crippen LogP contribution in [0.5, 0.6) is 0 Å². The number of rotatable bonds is 2. The minimum Gasteiger partial charge on any atom is -0.266 e. The van der Waals surface area contributed by atoms with Crippen LogP contribution in [0.25, 0.3) is 0 Å². The summed E-state index contributed by atoms with van der Waals surface area (Å²) in [7, 11) is 0. The van der Waals surface area contributed by atoms with E-state index in [1.165, 1.54) is 0 Å². The Kier molecular flexibility index (Phi) is 2.10. The van der Waals surface area contributed by atoms with Gasteiger partial charge in [0.15, 0.2) is 0 Å². The van der Waals surface area contributed by atoms with Gasteiger partial charge in [0.25, 0.3) is 11.8 Å². The van der Waals surface area contributed by atoms with Crippen molar-refractivity contribution in [3.8, 4) is 0 Å². The van der Waals surface area contributed by atoms with Crippen molar-refractivity contribution < 1.29 is 14.4 Å². The first kappa shape index (κ1) is 10.5. The van der Waals surface area contributed by atoms with Gasteiger partial charge in [-0.1, -0.05) is 12.1 Å². The molecule has 1 aliphatic heterocycles. The number of imide groups is 1. The predicted molar refractivity (Wildman–Crippen MR) is 60.3 cm³/mol. The van der Waals surface area contributed by atoms with E-state index in [0.29, 0.717) is 11.1 Å². The third-order valence-corrected chi connectivity index (χ3v) is 3.48. The summed E-state index contributed by atoms with van der Waals surface area (Å²) in [6.07, 6.45) is 2.86. The van der Waals surface area contributed by atoms with Gasteiger partial charge in [0.1, 0.15) is 0 Å². The third-order valence-electron chi connectivity index (χ3n) is 3.48. The summed E-state index contributed by atoms with van der Waals surface area (Å²) in [5.74, 6) is -0.697. The molecule has 17 heavy (non-hydrogen) atoms. The van der Waals surface area contributed by atoms with Gasteiger partial charge in [-0.25, -0.2) is 0 Å². The fourth-order valence-corrected chi connectivity index (χ4v) is 2.24. The SMILES string of the molecule is CC1(ON2C(=O)c3ccccc3C2=O)CCC1. The predicted octanol–water partition coefficient (Wildman–Crippen LogP) is 2.16. The highest BCUT2D eigenvalue weighted by atomic mass is 16.7. The molecule has 3 rings (SSSR count). The number of hydroxylamine groups is 2. The standard InChI is InChI=1S/C13H13NO3/c1-13(7-4-8-13)17-14-11(15)9-5-2-3-6-10(9)12(14)16/h2-3,5-6H,4,7-8H2,1H3. The van der Waals surface area contributed by atoms with Crippen LogP contribution in [0.3, 0.4) is 0 Å². The van der Waals surface area contributed by atoms with E-state index >= 15 is 0 Å². The molecule has 88 valence electrons. The summed E-state index contributed by atoms with van der Waals surface area (Å²) < 4.78 is 0. The Labute approximate surface area is 99.1 Å². The van der Waals surface area contributed by atoms with E-state index in [4.69, 9.17) is 4.84 Å². The molecular weight excluding hydrogens is 218 g/mol. The van der Waals surface area contributed by atoms with Crippen molar-refractivity contribution in [3.63, 3.8) is 0 Å². The first-order valence-corrected chi connectivity index (χ1v) is 5.78. The fourth-order valence-electron chi connectivity index (χ4n) is 2.24. The maximum Gasteiger partial charge on any atom is 0.285 e. The number of hydrogen-bond acceptors (Lipinski definition) is 3. The Morgan fingerprint density at radius 2 is 1.65 bits per heavy atom. The first-order chi connectivity index (χ1) is 8.11. The van der Waals surface area contributed by atoms with Crippen LogP contribution in [0.1, 0.15) is 46.9 Å². The van der Waals surface area contributed by atoms with E-state index in [2.05, 4.69) is 0 Å². The summed E-state index contributed by atoms with van der Waals surface area (Å²) in [6.45, 7) is 1.93. The van der Waals surface area contributed by atoms with Crippen LogP contribution in [0.15, 0.2) is 24.3 Å². The topological polar surface area (TPSA) is 46.6 Å². The van der Waals surface area contributed by atoms with Crippen molar-refractivity contribution in [1.82, 2.24) is 5.06 Å². The number of fused-ring (bicyclic) bond motifs is 1. The molecule has 1 aromatic rings. The molecule has 0 N–H and O–H groups in total. The van der Waals surface area contributed by atoms with E-state index < -0.39 is 0 Å². The highest BCUT2D eigenvalue weighted by Crippen LogP contribution is 2.37. The maximum absolute atomic E-state index is 12.0. The van der Waals surface area contributed by atoms with Crippen LogP contribution in [0, 0.1) is 0 Å². The second kappa shape index (κ2) is 3.40. The summed E-state index contributed by atoms with van der Waals surface area (Å²) in [5.41, 5.74) is 0.508. The largest absolute Gasteiger partial charge is 0.285 e. The zero-order chi connectivity index (χ0) is 12.0. The van der Waals surface area contributed by atoms with E-state index in [0.717, 1.165) is 24.3 Å². The van der Waals surface area contributed by atoms with Gasteiger partial charge >= 0.3 is 0 Å². The van der Waals surface area contributed by atoms with Gasteiger partial charge in [-0.3, -0.25) is 14.4 Å². The van der Waals surface area contributed by atoms with Crippen LogP contribution in [0.4, 0.5) is 0 Å². The summed E-state index contributed by atoms with van der Waals surface area (Å²) >= 11 is 0. The molecule has 1 fully saturated rings. The minimum atomic E-state index is -0.354. The molecule has 1 saturated carbocycles. The third kappa shape index (κ3) is 1.48. The summed E-state index contributed by atoms with van der Waals surface area (Å²) in [6, 6.07) is 6.81. The summed E-state index contributed by atoms with van der Waals surface area (Å²) in [4.78, 5) is 29.6. The summed E-state index contributed by atoms with van der Waals surface area (Å²) in [5, 5.41) is 0.920. The van der Waals surface area contributed by atoms with Crippen LogP contribution < -0.4 is 0 Å². The lowest BCUT2D eigenvalue weighted by Crippen LogP contribution is -2.45. The molecule has 2 amide bonds. The molecular formula is C13H13NO3. The average molecular weight is 231 g/mol. The van der Waals surface area contributed by atoms with Crippen molar-refractivity contribution in [2.75, 3.05) is 0 Å². The molecule has 0 aromatic heterocycles. The minimum absolute atomic E-state index is 0.348. The van der Waals surface area contributed by atoms with Crippen LogP contribution >= 0.6 is 0 Å². The maximum atomic E-state index is 12.0. The van der Waals surface area contributed by atoms with Gasteiger partial charge in [0.05, 0.1) is 16.7 Å². The molecule has 0 spiro atoms. The Bertz CT molecular complexity index is 470. The number of carbonyl (C=O) groups excluding carboxylic acids is 2. The molecule has 0 unspecified atom stereocenters. The zero-order valence-corrected chi connectivity index (χ0v) is 9.60. The van der Waals surface area contributed by atoms with E-state index in [1.54, 1.807) is 24.3 Å². The van der Waals surface area contributed by atoms with E-state index in [1.807, 2.05) is 6.92 Å². The molecule has 0 bridgehead atoms. The number of benzene rings is 1. The van der Waals surface area contributed by atoms with Crippen LogP contribution in [0.2, 0.25) is 0 Å². The average Bonchev–Trinajstić information content (AvgIpc) is 2.53. The Hall–Kier alpha value is -1.68. The highest BCUT2D eigenvalue weighted by Gasteiger charge is 2.43. The molecule has 2 aliphatic rings. The van der Waals surface area contributed by atoms with Gasteiger partial charge in [0, 0.05) is 0 Å². The molecule has 4 nitrogen and oxygen atoms in total. The quantitative estimate of drug-likeness (QED) is 0.733. The van der Waals surface area contributed by atoms with E-state index in [-0.39, 0.29) is 17.4 Å². The van der Waals surface area contributed by atoms with Gasteiger partial charge in [-0.15, -0.1) is 5.06 Å². The second-order valence-electron chi connectivity index (χ2n) is 4.85. The molecule has 1 heterocycles. The smallest absolute Gasteiger partial charge is 0.266 e. The molecule has 4 heteroatoms. The van der Waals surface area contributed by atoms with Crippen LogP contribution in [-0.2, 0) is 4.84 Å². The molecule has 0 radical (unpaired) electrons. The van der Waals surface area contributed by atoms with Crippen molar-refractivity contribution in [2.45, 2.75) is 31.8 Å². The second-order valence-corrected chi connectivity index (χ2v) is 4.85. The molecule has 0 atom stereocenters. The lowest BCUT2D eigenvalue weighted by molar-refractivity contribution is -0.209. The zero-order valence-electron chi connectivity index (χ0n) is 9.60. The Morgan fingerprint density at radius 1 is 1.12 bits per heavy atom. The Balaban J connectivity index is 1.90. The number of hydrogen-bond donors (Lipinski definition) is 0. The Morgan fingerprint density at radius 3 is 2.06 bits per heavy atom.